The van der Waals surface area contributed by atoms with Crippen LogP contribution in [0.2, 0.25) is 5.02 Å². The third-order valence-electron chi connectivity index (χ3n) is 4.51. The minimum Gasteiger partial charge on any atom is -0.314 e. The van der Waals surface area contributed by atoms with E-state index in [1.54, 1.807) is 0 Å². The summed E-state index contributed by atoms with van der Waals surface area (Å²) >= 11 is 6.39. The molecule has 5 nitrogen and oxygen atoms in total. The van der Waals surface area contributed by atoms with Gasteiger partial charge in [0.25, 0.3) is 0 Å². The molecule has 2 saturated heterocycles. The zero-order chi connectivity index (χ0) is 14.1. The lowest BCUT2D eigenvalue weighted by Gasteiger charge is -2.43. The van der Waals surface area contributed by atoms with Gasteiger partial charge in [0, 0.05) is 58.4 Å². The van der Waals surface area contributed by atoms with Gasteiger partial charge < -0.3 is 5.32 Å². The van der Waals surface area contributed by atoms with Crippen molar-refractivity contribution in [3.05, 3.63) is 16.4 Å². The lowest BCUT2D eigenvalue weighted by Crippen LogP contribution is -2.61. The minimum atomic E-state index is 0.768. The van der Waals surface area contributed by atoms with Gasteiger partial charge in [-0.3, -0.25) is 14.5 Å². The summed E-state index contributed by atoms with van der Waals surface area (Å²) in [7, 11) is 0. The summed E-state index contributed by atoms with van der Waals surface area (Å²) in [5, 5.41) is 8.69. The van der Waals surface area contributed by atoms with Gasteiger partial charge in [0.1, 0.15) is 0 Å². The molecule has 0 aromatic carbocycles. The molecule has 6 heteroatoms. The number of aromatic nitrogens is 2. The number of hydrogen-bond donors (Lipinski definition) is 1. The molecule has 0 radical (unpaired) electrons. The first-order valence-corrected chi connectivity index (χ1v) is 7.95. The molecule has 0 saturated carbocycles. The average molecular weight is 298 g/mol. The summed E-state index contributed by atoms with van der Waals surface area (Å²) in [4.78, 5) is 5.11. The SMILES string of the molecule is CCn1nc(C)c(Cl)c1CN1CCN(C2CNC2)CC1. The van der Waals surface area contributed by atoms with E-state index in [4.69, 9.17) is 11.6 Å². The highest BCUT2D eigenvalue weighted by molar-refractivity contribution is 6.31. The monoisotopic (exact) mass is 297 g/mol. The molecule has 0 amide bonds. The van der Waals surface area contributed by atoms with Crippen LogP contribution in [0.5, 0.6) is 0 Å². The maximum absolute atomic E-state index is 6.39. The molecule has 2 aliphatic rings. The van der Waals surface area contributed by atoms with Gasteiger partial charge in [0.05, 0.1) is 16.4 Å². The Kier molecular flexibility index (Phi) is 4.31. The Balaban J connectivity index is 1.59. The lowest BCUT2D eigenvalue weighted by molar-refractivity contribution is 0.0684. The lowest BCUT2D eigenvalue weighted by atomic mass is 10.1. The summed E-state index contributed by atoms with van der Waals surface area (Å²) < 4.78 is 2.04. The zero-order valence-electron chi connectivity index (χ0n) is 12.4. The second-order valence-electron chi connectivity index (χ2n) is 5.79. The molecule has 1 aromatic heterocycles. The average Bonchev–Trinajstić information content (AvgIpc) is 2.66. The smallest absolute Gasteiger partial charge is 0.0860 e. The van der Waals surface area contributed by atoms with E-state index in [1.807, 2.05) is 11.6 Å². The van der Waals surface area contributed by atoms with Gasteiger partial charge in [0.2, 0.25) is 0 Å². The van der Waals surface area contributed by atoms with Crippen molar-refractivity contribution < 1.29 is 0 Å². The summed E-state index contributed by atoms with van der Waals surface area (Å²) in [6, 6.07) is 0.768. The van der Waals surface area contributed by atoms with Crippen molar-refractivity contribution in [2.45, 2.75) is 33.0 Å². The van der Waals surface area contributed by atoms with Crippen LogP contribution in [0.1, 0.15) is 18.3 Å². The Bertz CT molecular complexity index is 460. The molecule has 20 heavy (non-hydrogen) atoms. The molecular formula is C14H24ClN5. The third-order valence-corrected chi connectivity index (χ3v) is 5.00. The zero-order valence-corrected chi connectivity index (χ0v) is 13.2. The molecule has 1 N–H and O–H groups in total. The van der Waals surface area contributed by atoms with Gasteiger partial charge in [-0.25, -0.2) is 0 Å². The van der Waals surface area contributed by atoms with Gasteiger partial charge in [-0.15, -0.1) is 0 Å². The summed E-state index contributed by atoms with van der Waals surface area (Å²) in [6.07, 6.45) is 0. The van der Waals surface area contributed by atoms with Crippen LogP contribution in [0.15, 0.2) is 0 Å². The van der Waals surface area contributed by atoms with Crippen LogP contribution >= 0.6 is 11.6 Å². The molecular weight excluding hydrogens is 274 g/mol. The molecule has 0 bridgehead atoms. The molecule has 0 unspecified atom stereocenters. The van der Waals surface area contributed by atoms with E-state index in [0.717, 1.165) is 56.0 Å². The van der Waals surface area contributed by atoms with Crippen molar-refractivity contribution in [2.75, 3.05) is 39.3 Å². The van der Waals surface area contributed by atoms with Crippen LogP contribution in [0, 0.1) is 6.92 Å². The number of aryl methyl sites for hydroxylation is 2. The summed E-state index contributed by atoms with van der Waals surface area (Å²) in [5.41, 5.74) is 2.12. The highest BCUT2D eigenvalue weighted by Crippen LogP contribution is 2.22. The minimum absolute atomic E-state index is 0.768. The van der Waals surface area contributed by atoms with Crippen molar-refractivity contribution >= 4 is 11.6 Å². The first kappa shape index (κ1) is 14.3. The molecule has 0 aliphatic carbocycles. The maximum atomic E-state index is 6.39. The molecule has 3 rings (SSSR count). The van der Waals surface area contributed by atoms with E-state index >= 15 is 0 Å². The summed E-state index contributed by atoms with van der Waals surface area (Å²) in [5.74, 6) is 0. The summed E-state index contributed by atoms with van der Waals surface area (Å²) in [6.45, 7) is 12.8. The fourth-order valence-electron chi connectivity index (χ4n) is 3.05. The van der Waals surface area contributed by atoms with E-state index in [1.165, 1.54) is 18.8 Å². The van der Waals surface area contributed by atoms with E-state index in [2.05, 4.69) is 27.1 Å². The number of rotatable bonds is 4. The van der Waals surface area contributed by atoms with E-state index in [-0.39, 0.29) is 0 Å². The second kappa shape index (κ2) is 6.02. The Morgan fingerprint density at radius 1 is 1.25 bits per heavy atom. The number of hydrogen-bond acceptors (Lipinski definition) is 4. The number of halogens is 1. The number of piperazine rings is 1. The largest absolute Gasteiger partial charge is 0.314 e. The highest BCUT2D eigenvalue weighted by atomic mass is 35.5. The van der Waals surface area contributed by atoms with Crippen LogP contribution < -0.4 is 5.32 Å². The molecule has 3 heterocycles. The van der Waals surface area contributed by atoms with Crippen LogP contribution in [-0.2, 0) is 13.1 Å². The molecule has 1 aromatic rings. The number of nitrogens with zero attached hydrogens (tertiary/aromatic N) is 4. The van der Waals surface area contributed by atoms with E-state index in [9.17, 15) is 0 Å². The van der Waals surface area contributed by atoms with Gasteiger partial charge in [-0.1, -0.05) is 11.6 Å². The van der Waals surface area contributed by atoms with Crippen molar-refractivity contribution in [3.63, 3.8) is 0 Å². The molecule has 0 spiro atoms. The molecule has 2 aliphatic heterocycles. The predicted molar refractivity (Wildman–Crippen MR) is 81.2 cm³/mol. The molecule has 112 valence electrons. The Morgan fingerprint density at radius 2 is 1.95 bits per heavy atom. The van der Waals surface area contributed by atoms with Crippen LogP contribution in [0.3, 0.4) is 0 Å². The fourth-order valence-corrected chi connectivity index (χ4v) is 3.25. The Labute approximate surface area is 125 Å². The first-order chi connectivity index (χ1) is 9.69. The van der Waals surface area contributed by atoms with Gasteiger partial charge in [-0.2, -0.15) is 5.10 Å². The maximum Gasteiger partial charge on any atom is 0.0860 e. The molecule has 0 atom stereocenters. The van der Waals surface area contributed by atoms with E-state index in [0.29, 0.717) is 0 Å². The normalized spacial score (nSPS) is 22.1. The van der Waals surface area contributed by atoms with E-state index < -0.39 is 0 Å². The van der Waals surface area contributed by atoms with Crippen molar-refractivity contribution in [1.82, 2.24) is 24.9 Å². The van der Waals surface area contributed by atoms with Gasteiger partial charge in [0.15, 0.2) is 0 Å². The Morgan fingerprint density at radius 3 is 2.50 bits per heavy atom. The quantitative estimate of drug-likeness (QED) is 0.898. The number of nitrogens with one attached hydrogen (secondary N) is 1. The second-order valence-corrected chi connectivity index (χ2v) is 6.16. The predicted octanol–water partition coefficient (Wildman–Crippen LogP) is 0.954. The van der Waals surface area contributed by atoms with Gasteiger partial charge in [-0.05, 0) is 13.8 Å². The highest BCUT2D eigenvalue weighted by Gasteiger charge is 2.28. The van der Waals surface area contributed by atoms with Crippen LogP contribution in [0.4, 0.5) is 0 Å². The van der Waals surface area contributed by atoms with Crippen LogP contribution in [-0.4, -0.2) is 64.9 Å². The third kappa shape index (κ3) is 2.72. The topological polar surface area (TPSA) is 36.3 Å². The molecule has 2 fully saturated rings. The van der Waals surface area contributed by atoms with Crippen molar-refractivity contribution in [3.8, 4) is 0 Å². The first-order valence-electron chi connectivity index (χ1n) is 7.58. The van der Waals surface area contributed by atoms with Crippen molar-refractivity contribution in [1.29, 1.82) is 0 Å². The Hall–Kier alpha value is -0.620. The fraction of sp³-hybridized carbons (Fsp3) is 0.786. The van der Waals surface area contributed by atoms with Gasteiger partial charge >= 0.3 is 0 Å². The standard InChI is InChI=1S/C14H24ClN5/c1-3-20-13(14(15)11(2)17-20)10-18-4-6-19(7-5-18)12-8-16-9-12/h12,16H,3-10H2,1-2H3. The van der Waals surface area contributed by atoms with Crippen molar-refractivity contribution in [2.24, 2.45) is 0 Å². The van der Waals surface area contributed by atoms with Crippen LogP contribution in [0.25, 0.3) is 0 Å².